The molecular weight excluding hydrogens is 228 g/mol. The highest BCUT2D eigenvalue weighted by molar-refractivity contribution is 6.30. The van der Waals surface area contributed by atoms with E-state index in [0.717, 1.165) is 5.56 Å². The number of hydrogen-bond acceptors (Lipinski definition) is 4. The van der Waals surface area contributed by atoms with Gasteiger partial charge in [-0.15, -0.1) is 0 Å². The average Bonchev–Trinajstić information content (AvgIpc) is 2.78. The van der Waals surface area contributed by atoms with Gasteiger partial charge < -0.3 is 4.74 Å². The number of esters is 1. The van der Waals surface area contributed by atoms with Crippen molar-refractivity contribution >= 4 is 17.6 Å². The average molecular weight is 241 g/mol. The van der Waals surface area contributed by atoms with Crippen LogP contribution in [-0.4, -0.2) is 19.6 Å². The van der Waals surface area contributed by atoms with E-state index in [4.69, 9.17) is 16.3 Å². The second-order valence-electron chi connectivity index (χ2n) is 3.68. The van der Waals surface area contributed by atoms with Crippen molar-refractivity contribution in [1.29, 1.82) is 0 Å². The number of carbonyl (C=O) groups is 1. The van der Waals surface area contributed by atoms with Crippen molar-refractivity contribution in [3.05, 3.63) is 34.9 Å². The van der Waals surface area contributed by atoms with E-state index >= 15 is 0 Å². The van der Waals surface area contributed by atoms with Crippen molar-refractivity contribution in [1.82, 2.24) is 10.9 Å². The molecule has 86 valence electrons. The minimum atomic E-state index is -0.211. The monoisotopic (exact) mass is 240 g/mol. The van der Waals surface area contributed by atoms with Crippen LogP contribution in [0.25, 0.3) is 0 Å². The number of methoxy groups -OCH3 is 1. The molecular formula is C11H13ClN2O2. The lowest BCUT2D eigenvalue weighted by atomic mass is 9.95. The predicted molar refractivity (Wildman–Crippen MR) is 60.8 cm³/mol. The number of halogens is 1. The molecule has 2 unspecified atom stereocenters. The number of nitrogens with one attached hydrogen (secondary N) is 2. The fraction of sp³-hybridized carbons (Fsp3) is 0.364. The first-order valence-corrected chi connectivity index (χ1v) is 5.42. The van der Waals surface area contributed by atoms with Crippen LogP contribution in [-0.2, 0) is 9.53 Å². The zero-order valence-corrected chi connectivity index (χ0v) is 9.62. The van der Waals surface area contributed by atoms with Gasteiger partial charge in [0.2, 0.25) is 0 Å². The van der Waals surface area contributed by atoms with Crippen LogP contribution < -0.4 is 10.9 Å². The molecule has 0 amide bonds. The molecule has 2 atom stereocenters. The molecule has 0 saturated carbocycles. The van der Waals surface area contributed by atoms with Gasteiger partial charge in [-0.1, -0.05) is 23.7 Å². The molecule has 1 aliphatic heterocycles. The molecule has 0 aliphatic carbocycles. The molecule has 1 saturated heterocycles. The summed E-state index contributed by atoms with van der Waals surface area (Å²) in [6.45, 7) is 0.569. The smallest absolute Gasteiger partial charge is 0.312 e. The number of hydrogen-bond donors (Lipinski definition) is 2. The molecule has 0 aromatic heterocycles. The number of carbonyl (C=O) groups excluding carboxylic acids is 1. The van der Waals surface area contributed by atoms with E-state index in [9.17, 15) is 4.79 Å². The van der Waals surface area contributed by atoms with Crippen molar-refractivity contribution in [3.8, 4) is 0 Å². The molecule has 2 N–H and O–H groups in total. The Labute approximate surface area is 98.9 Å². The van der Waals surface area contributed by atoms with Gasteiger partial charge in [0.25, 0.3) is 0 Å². The van der Waals surface area contributed by atoms with Gasteiger partial charge in [0.05, 0.1) is 19.1 Å². The Morgan fingerprint density at radius 1 is 1.44 bits per heavy atom. The van der Waals surface area contributed by atoms with Gasteiger partial charge in [-0.3, -0.25) is 10.2 Å². The van der Waals surface area contributed by atoms with E-state index in [2.05, 4.69) is 10.9 Å². The maximum Gasteiger partial charge on any atom is 0.312 e. The van der Waals surface area contributed by atoms with Crippen molar-refractivity contribution in [2.75, 3.05) is 13.7 Å². The van der Waals surface area contributed by atoms with Crippen LogP contribution in [0.5, 0.6) is 0 Å². The Morgan fingerprint density at radius 3 is 2.75 bits per heavy atom. The van der Waals surface area contributed by atoms with Crippen molar-refractivity contribution in [2.24, 2.45) is 5.92 Å². The fourth-order valence-electron chi connectivity index (χ4n) is 1.85. The molecule has 2 rings (SSSR count). The molecule has 4 nitrogen and oxygen atoms in total. The van der Waals surface area contributed by atoms with Crippen LogP contribution in [0, 0.1) is 5.92 Å². The molecule has 1 aromatic carbocycles. The topological polar surface area (TPSA) is 50.4 Å². The molecule has 5 heteroatoms. The Kier molecular flexibility index (Phi) is 3.43. The maximum absolute atomic E-state index is 11.5. The molecule has 1 heterocycles. The number of ether oxygens (including phenoxy) is 1. The SMILES string of the molecule is COC(=O)C1CNNC1c1ccc(Cl)cc1. The van der Waals surface area contributed by atoms with E-state index in [1.807, 2.05) is 24.3 Å². The lowest BCUT2D eigenvalue weighted by Crippen LogP contribution is -2.26. The Bertz CT molecular complexity index is 380. The zero-order valence-electron chi connectivity index (χ0n) is 8.87. The van der Waals surface area contributed by atoms with Gasteiger partial charge in [0, 0.05) is 11.6 Å². The summed E-state index contributed by atoms with van der Waals surface area (Å²) < 4.78 is 4.76. The summed E-state index contributed by atoms with van der Waals surface area (Å²) in [6, 6.07) is 7.37. The number of hydrazine groups is 1. The maximum atomic E-state index is 11.5. The number of benzene rings is 1. The first kappa shape index (κ1) is 11.4. The van der Waals surface area contributed by atoms with Crippen LogP contribution in [0.15, 0.2) is 24.3 Å². The van der Waals surface area contributed by atoms with Gasteiger partial charge >= 0.3 is 5.97 Å². The van der Waals surface area contributed by atoms with E-state index < -0.39 is 0 Å². The summed E-state index contributed by atoms with van der Waals surface area (Å²) in [7, 11) is 1.40. The van der Waals surface area contributed by atoms with Crippen molar-refractivity contribution in [2.45, 2.75) is 6.04 Å². The third kappa shape index (κ3) is 2.19. The minimum Gasteiger partial charge on any atom is -0.469 e. The van der Waals surface area contributed by atoms with Gasteiger partial charge in [-0.25, -0.2) is 5.43 Å². The fourth-order valence-corrected chi connectivity index (χ4v) is 1.98. The molecule has 1 aliphatic rings. The Balaban J connectivity index is 2.19. The first-order valence-electron chi connectivity index (χ1n) is 5.04. The highest BCUT2D eigenvalue weighted by Crippen LogP contribution is 2.26. The number of rotatable bonds is 2. The van der Waals surface area contributed by atoms with E-state index in [1.54, 1.807) is 0 Å². The van der Waals surface area contributed by atoms with Crippen LogP contribution >= 0.6 is 11.6 Å². The van der Waals surface area contributed by atoms with Crippen LogP contribution in [0.2, 0.25) is 5.02 Å². The Hall–Kier alpha value is -1.10. The lowest BCUT2D eigenvalue weighted by molar-refractivity contribution is -0.145. The minimum absolute atomic E-state index is 0.0651. The highest BCUT2D eigenvalue weighted by atomic mass is 35.5. The summed E-state index contributed by atoms with van der Waals surface area (Å²) in [5.74, 6) is -0.413. The third-order valence-corrected chi connectivity index (χ3v) is 2.97. The van der Waals surface area contributed by atoms with Crippen LogP contribution in [0.4, 0.5) is 0 Å². The predicted octanol–water partition coefficient (Wildman–Crippen LogP) is 1.28. The van der Waals surface area contributed by atoms with Gasteiger partial charge in [-0.05, 0) is 17.7 Å². The van der Waals surface area contributed by atoms with E-state index in [1.165, 1.54) is 7.11 Å². The summed E-state index contributed by atoms with van der Waals surface area (Å²) >= 11 is 5.82. The molecule has 0 radical (unpaired) electrons. The van der Waals surface area contributed by atoms with E-state index in [0.29, 0.717) is 11.6 Å². The standard InChI is InChI=1S/C11H13ClN2O2/c1-16-11(15)9-6-13-14-10(9)7-2-4-8(12)5-3-7/h2-5,9-10,13-14H,6H2,1H3. The zero-order chi connectivity index (χ0) is 11.5. The van der Waals surface area contributed by atoms with Gasteiger partial charge in [0.15, 0.2) is 0 Å². The van der Waals surface area contributed by atoms with E-state index in [-0.39, 0.29) is 17.9 Å². The second kappa shape index (κ2) is 4.82. The molecule has 0 spiro atoms. The quantitative estimate of drug-likeness (QED) is 0.765. The summed E-state index contributed by atoms with van der Waals surface area (Å²) in [6.07, 6.45) is 0. The summed E-state index contributed by atoms with van der Waals surface area (Å²) in [5.41, 5.74) is 7.05. The molecule has 16 heavy (non-hydrogen) atoms. The van der Waals surface area contributed by atoms with Crippen molar-refractivity contribution < 1.29 is 9.53 Å². The molecule has 0 bridgehead atoms. The third-order valence-electron chi connectivity index (χ3n) is 2.71. The molecule has 1 fully saturated rings. The van der Waals surface area contributed by atoms with Crippen molar-refractivity contribution in [3.63, 3.8) is 0 Å². The normalized spacial score (nSPS) is 24.4. The van der Waals surface area contributed by atoms with Gasteiger partial charge in [0.1, 0.15) is 0 Å². The highest BCUT2D eigenvalue weighted by Gasteiger charge is 2.34. The Morgan fingerprint density at radius 2 is 2.12 bits per heavy atom. The summed E-state index contributed by atoms with van der Waals surface area (Å²) in [5, 5.41) is 0.685. The second-order valence-corrected chi connectivity index (χ2v) is 4.12. The molecule has 1 aromatic rings. The summed E-state index contributed by atoms with van der Waals surface area (Å²) in [4.78, 5) is 11.5. The lowest BCUT2D eigenvalue weighted by Gasteiger charge is -2.16. The van der Waals surface area contributed by atoms with Crippen LogP contribution in [0.1, 0.15) is 11.6 Å². The first-order chi connectivity index (χ1) is 7.72. The largest absolute Gasteiger partial charge is 0.469 e. The van der Waals surface area contributed by atoms with Gasteiger partial charge in [-0.2, -0.15) is 0 Å². The van der Waals surface area contributed by atoms with Crippen LogP contribution in [0.3, 0.4) is 0 Å².